The summed E-state index contributed by atoms with van der Waals surface area (Å²) in [7, 11) is 0. The van der Waals surface area contributed by atoms with Crippen molar-refractivity contribution in [3.05, 3.63) is 35.9 Å². The molecule has 0 aliphatic carbocycles. The van der Waals surface area contributed by atoms with E-state index < -0.39 is 24.0 Å². The Morgan fingerprint density at radius 1 is 1.28 bits per heavy atom. The largest absolute Gasteiger partial charge is 0.465 e. The molecule has 0 saturated carbocycles. The second-order valence-corrected chi connectivity index (χ2v) is 6.56. The quantitative estimate of drug-likeness (QED) is 0.565. The van der Waals surface area contributed by atoms with Crippen LogP contribution in [0.3, 0.4) is 0 Å². The van der Waals surface area contributed by atoms with Crippen LogP contribution in [0.4, 0.5) is 13.6 Å². The number of halogens is 2. The van der Waals surface area contributed by atoms with Gasteiger partial charge in [-0.1, -0.05) is 37.3 Å². The highest BCUT2D eigenvalue weighted by Gasteiger charge is 2.39. The van der Waals surface area contributed by atoms with Gasteiger partial charge in [0.1, 0.15) is 6.79 Å². The molecule has 7 heteroatoms. The van der Waals surface area contributed by atoms with Crippen molar-refractivity contribution >= 4 is 6.09 Å². The molecule has 1 aliphatic heterocycles. The van der Waals surface area contributed by atoms with Crippen LogP contribution in [0.5, 0.6) is 0 Å². The summed E-state index contributed by atoms with van der Waals surface area (Å²) in [5.74, 6) is -0.814. The third-order valence-electron chi connectivity index (χ3n) is 4.63. The first-order valence-electron chi connectivity index (χ1n) is 8.43. The fourth-order valence-electron chi connectivity index (χ4n) is 3.09. The first-order valence-corrected chi connectivity index (χ1v) is 8.43. The standard InChI is InChI=1S/C18H25F2NO4/c1-14(16(19)20)11-18(7-9-21(10-8-18)17(22)23)25-13-24-12-15-5-3-2-4-6-15/h2-6,14,16H,7-13H2,1H3,(H,22,23). The van der Waals surface area contributed by atoms with Gasteiger partial charge >= 0.3 is 6.09 Å². The number of rotatable bonds is 8. The monoisotopic (exact) mass is 357 g/mol. The van der Waals surface area contributed by atoms with Gasteiger partial charge in [0.15, 0.2) is 0 Å². The van der Waals surface area contributed by atoms with Crippen LogP contribution in [0.1, 0.15) is 31.7 Å². The Morgan fingerprint density at radius 2 is 1.92 bits per heavy atom. The van der Waals surface area contributed by atoms with E-state index in [2.05, 4.69) is 0 Å². The van der Waals surface area contributed by atoms with Crippen molar-refractivity contribution in [2.24, 2.45) is 5.92 Å². The van der Waals surface area contributed by atoms with Gasteiger partial charge in [-0.15, -0.1) is 0 Å². The SMILES string of the molecule is CC(CC1(OCOCc2ccccc2)CCN(C(=O)O)CC1)C(F)F. The summed E-state index contributed by atoms with van der Waals surface area (Å²) in [5, 5.41) is 9.06. The maximum absolute atomic E-state index is 13.0. The molecule has 25 heavy (non-hydrogen) atoms. The van der Waals surface area contributed by atoms with E-state index in [9.17, 15) is 13.6 Å². The first-order chi connectivity index (χ1) is 11.9. The normalized spacial score (nSPS) is 18.3. The third-order valence-corrected chi connectivity index (χ3v) is 4.63. The van der Waals surface area contributed by atoms with Gasteiger partial charge < -0.3 is 19.5 Å². The number of hydrogen-bond donors (Lipinski definition) is 1. The predicted molar refractivity (Wildman–Crippen MR) is 88.5 cm³/mol. The number of amides is 1. The Hall–Kier alpha value is -1.73. The average molecular weight is 357 g/mol. The number of likely N-dealkylation sites (tertiary alicyclic amines) is 1. The second kappa shape index (κ2) is 9.10. The van der Waals surface area contributed by atoms with Gasteiger partial charge in [0, 0.05) is 19.0 Å². The Bertz CT molecular complexity index is 533. The number of piperidine rings is 1. The van der Waals surface area contributed by atoms with E-state index in [0.717, 1.165) is 5.56 Å². The first kappa shape index (κ1) is 19.6. The second-order valence-electron chi connectivity index (χ2n) is 6.56. The predicted octanol–water partition coefficient (Wildman–Crippen LogP) is 3.98. The summed E-state index contributed by atoms with van der Waals surface area (Å²) in [4.78, 5) is 12.3. The van der Waals surface area contributed by atoms with Crippen molar-refractivity contribution in [3.63, 3.8) is 0 Å². The molecule has 1 amide bonds. The maximum atomic E-state index is 13.0. The molecule has 5 nitrogen and oxygen atoms in total. The molecule has 1 fully saturated rings. The summed E-state index contributed by atoms with van der Waals surface area (Å²) < 4.78 is 37.3. The van der Waals surface area contributed by atoms with E-state index in [1.165, 1.54) is 11.8 Å². The molecule has 1 aromatic carbocycles. The van der Waals surface area contributed by atoms with Crippen LogP contribution in [0, 0.1) is 5.92 Å². The van der Waals surface area contributed by atoms with E-state index in [0.29, 0.717) is 19.4 Å². The maximum Gasteiger partial charge on any atom is 0.407 e. The zero-order valence-electron chi connectivity index (χ0n) is 14.4. The van der Waals surface area contributed by atoms with Gasteiger partial charge in [0.2, 0.25) is 6.43 Å². The zero-order chi connectivity index (χ0) is 18.3. The van der Waals surface area contributed by atoms with Gasteiger partial charge in [-0.3, -0.25) is 0 Å². The van der Waals surface area contributed by atoms with Crippen molar-refractivity contribution in [1.29, 1.82) is 0 Å². The highest BCUT2D eigenvalue weighted by Crippen LogP contribution is 2.34. The average Bonchev–Trinajstić information content (AvgIpc) is 2.60. The van der Waals surface area contributed by atoms with Crippen molar-refractivity contribution in [2.45, 2.75) is 44.8 Å². The van der Waals surface area contributed by atoms with E-state index >= 15 is 0 Å². The minimum Gasteiger partial charge on any atom is -0.465 e. The molecule has 1 atom stereocenters. The number of alkyl halides is 2. The molecule has 2 rings (SSSR count). The van der Waals surface area contributed by atoms with E-state index in [1.807, 2.05) is 30.3 Å². The summed E-state index contributed by atoms with van der Waals surface area (Å²) in [5.41, 5.74) is 0.236. The molecule has 1 unspecified atom stereocenters. The Labute approximate surface area is 146 Å². The number of benzene rings is 1. The van der Waals surface area contributed by atoms with Gasteiger partial charge in [0.05, 0.1) is 12.2 Å². The molecular formula is C18H25F2NO4. The number of nitrogens with zero attached hydrogens (tertiary/aromatic N) is 1. The molecule has 1 heterocycles. The molecule has 0 aromatic heterocycles. The fraction of sp³-hybridized carbons (Fsp3) is 0.611. The van der Waals surface area contributed by atoms with Crippen molar-refractivity contribution in [1.82, 2.24) is 4.90 Å². The molecule has 0 bridgehead atoms. The molecule has 140 valence electrons. The molecule has 0 spiro atoms. The van der Waals surface area contributed by atoms with Crippen LogP contribution in [-0.2, 0) is 16.1 Å². The van der Waals surface area contributed by atoms with Crippen LogP contribution < -0.4 is 0 Å². The van der Waals surface area contributed by atoms with Crippen LogP contribution in [0.2, 0.25) is 0 Å². The van der Waals surface area contributed by atoms with Crippen molar-refractivity contribution in [2.75, 3.05) is 19.9 Å². The lowest BCUT2D eigenvalue weighted by molar-refractivity contribution is -0.175. The smallest absolute Gasteiger partial charge is 0.407 e. The Morgan fingerprint density at radius 3 is 2.48 bits per heavy atom. The van der Waals surface area contributed by atoms with E-state index in [4.69, 9.17) is 14.6 Å². The summed E-state index contributed by atoms with van der Waals surface area (Å²) in [6, 6.07) is 9.59. The van der Waals surface area contributed by atoms with Crippen LogP contribution in [0.15, 0.2) is 30.3 Å². The molecule has 1 aromatic rings. The highest BCUT2D eigenvalue weighted by atomic mass is 19.3. The molecule has 1 aliphatic rings. The minimum atomic E-state index is -2.43. The van der Waals surface area contributed by atoms with Gasteiger partial charge in [-0.2, -0.15) is 0 Å². The Kier molecular flexibility index (Phi) is 7.13. The van der Waals surface area contributed by atoms with Crippen molar-refractivity contribution in [3.8, 4) is 0 Å². The Balaban J connectivity index is 1.89. The summed E-state index contributed by atoms with van der Waals surface area (Å²) >= 11 is 0. The number of carboxylic acid groups (broad SMARTS) is 1. The topological polar surface area (TPSA) is 59.0 Å². The molecule has 1 saturated heterocycles. The van der Waals surface area contributed by atoms with E-state index in [1.54, 1.807) is 0 Å². The number of carbonyl (C=O) groups is 1. The summed E-state index contributed by atoms with van der Waals surface area (Å²) in [6.07, 6.45) is -2.44. The summed E-state index contributed by atoms with van der Waals surface area (Å²) in [6.45, 7) is 2.43. The fourth-order valence-corrected chi connectivity index (χ4v) is 3.09. The third kappa shape index (κ3) is 5.93. The number of ether oxygens (including phenoxy) is 2. The van der Waals surface area contributed by atoms with Gasteiger partial charge in [-0.05, 0) is 24.8 Å². The van der Waals surface area contributed by atoms with E-state index in [-0.39, 0.29) is 26.3 Å². The number of hydrogen-bond acceptors (Lipinski definition) is 3. The van der Waals surface area contributed by atoms with Gasteiger partial charge in [0.25, 0.3) is 0 Å². The molecule has 0 radical (unpaired) electrons. The molecule has 1 N–H and O–H groups in total. The van der Waals surface area contributed by atoms with Crippen LogP contribution in [-0.4, -0.2) is 48.0 Å². The lowest BCUT2D eigenvalue weighted by atomic mass is 9.83. The van der Waals surface area contributed by atoms with Gasteiger partial charge in [-0.25, -0.2) is 13.6 Å². The van der Waals surface area contributed by atoms with Crippen LogP contribution in [0.25, 0.3) is 0 Å². The van der Waals surface area contributed by atoms with Crippen LogP contribution >= 0.6 is 0 Å². The van der Waals surface area contributed by atoms with Crippen molar-refractivity contribution < 1.29 is 28.2 Å². The molecular weight excluding hydrogens is 332 g/mol. The zero-order valence-corrected chi connectivity index (χ0v) is 14.4. The highest BCUT2D eigenvalue weighted by molar-refractivity contribution is 5.65. The minimum absolute atomic E-state index is 0.00206. The lowest BCUT2D eigenvalue weighted by Gasteiger charge is -2.42. The lowest BCUT2D eigenvalue weighted by Crippen LogP contribution is -2.49.